The Balaban J connectivity index is 1.50. The summed E-state index contributed by atoms with van der Waals surface area (Å²) in [5.41, 5.74) is 2.14. The first-order valence-corrected chi connectivity index (χ1v) is 8.31. The summed E-state index contributed by atoms with van der Waals surface area (Å²) < 4.78 is 11.1. The van der Waals surface area contributed by atoms with Crippen LogP contribution in [0.4, 0.5) is 0 Å². The van der Waals surface area contributed by atoms with Gasteiger partial charge in [-0.15, -0.1) is 0 Å². The van der Waals surface area contributed by atoms with Crippen LogP contribution in [-0.4, -0.2) is 37.1 Å². The maximum atomic E-state index is 12.3. The highest BCUT2D eigenvalue weighted by molar-refractivity contribution is 5.79. The molecule has 0 spiro atoms. The van der Waals surface area contributed by atoms with Crippen LogP contribution in [0.1, 0.15) is 17.5 Å². The Kier molecular flexibility index (Phi) is 5.49. The number of hydrogen-bond acceptors (Lipinski definition) is 3. The minimum atomic E-state index is 0.160. The number of rotatable bonds is 6. The fourth-order valence-corrected chi connectivity index (χ4v) is 2.88. The molecule has 2 aromatic rings. The number of carbonyl (C=O) groups is 1. The number of ether oxygens (including phenoxy) is 2. The molecular weight excluding hydrogens is 302 g/mol. The summed E-state index contributed by atoms with van der Waals surface area (Å²) in [7, 11) is 1.70. The molecule has 1 heterocycles. The molecule has 1 aliphatic heterocycles. The van der Waals surface area contributed by atoms with E-state index in [1.165, 1.54) is 0 Å². The number of likely N-dealkylation sites (tertiary alicyclic amines) is 1. The third-order valence-corrected chi connectivity index (χ3v) is 4.36. The Morgan fingerprint density at radius 3 is 2.50 bits per heavy atom. The Bertz CT molecular complexity index is 654. The zero-order valence-electron chi connectivity index (χ0n) is 14.0. The van der Waals surface area contributed by atoms with Crippen LogP contribution in [0.3, 0.4) is 0 Å². The van der Waals surface area contributed by atoms with E-state index < -0.39 is 0 Å². The molecule has 0 bridgehead atoms. The van der Waals surface area contributed by atoms with Gasteiger partial charge in [0.15, 0.2) is 0 Å². The number of hydrogen-bond donors (Lipinski definition) is 0. The normalized spacial score (nSPS) is 17.0. The molecule has 1 amide bonds. The molecule has 1 aliphatic rings. The van der Waals surface area contributed by atoms with Gasteiger partial charge in [0.25, 0.3) is 0 Å². The monoisotopic (exact) mass is 325 g/mol. The van der Waals surface area contributed by atoms with Crippen molar-refractivity contribution in [3.05, 3.63) is 65.7 Å². The van der Waals surface area contributed by atoms with Gasteiger partial charge in [0.2, 0.25) is 5.91 Å². The van der Waals surface area contributed by atoms with Gasteiger partial charge in [-0.05, 0) is 29.7 Å². The topological polar surface area (TPSA) is 38.8 Å². The van der Waals surface area contributed by atoms with Crippen LogP contribution in [0, 0.1) is 0 Å². The van der Waals surface area contributed by atoms with Crippen molar-refractivity contribution in [3.63, 3.8) is 0 Å². The standard InChI is InChI=1S/C20H23NO3/c1-23-19-11-12-21(14-19)20(22)13-16-7-9-18(10-8-16)24-15-17-5-3-2-4-6-17/h2-10,19H,11-15H2,1H3. The number of nitrogens with zero attached hydrogens (tertiary/aromatic N) is 1. The van der Waals surface area contributed by atoms with E-state index in [2.05, 4.69) is 0 Å². The van der Waals surface area contributed by atoms with Crippen molar-refractivity contribution in [2.45, 2.75) is 25.6 Å². The Morgan fingerprint density at radius 1 is 1.08 bits per heavy atom. The maximum Gasteiger partial charge on any atom is 0.227 e. The molecule has 0 radical (unpaired) electrons. The van der Waals surface area contributed by atoms with Gasteiger partial charge >= 0.3 is 0 Å². The zero-order valence-corrected chi connectivity index (χ0v) is 14.0. The predicted octanol–water partition coefficient (Wildman–Crippen LogP) is 3.06. The van der Waals surface area contributed by atoms with Crippen molar-refractivity contribution in [1.29, 1.82) is 0 Å². The second-order valence-corrected chi connectivity index (χ2v) is 6.08. The van der Waals surface area contributed by atoms with Gasteiger partial charge in [-0.3, -0.25) is 4.79 Å². The van der Waals surface area contributed by atoms with Gasteiger partial charge in [-0.1, -0.05) is 42.5 Å². The summed E-state index contributed by atoms with van der Waals surface area (Å²) in [5, 5.41) is 0. The molecule has 4 nitrogen and oxygen atoms in total. The van der Waals surface area contributed by atoms with Crippen LogP contribution in [0.25, 0.3) is 0 Å². The van der Waals surface area contributed by atoms with Gasteiger partial charge in [-0.2, -0.15) is 0 Å². The average molecular weight is 325 g/mol. The smallest absolute Gasteiger partial charge is 0.227 e. The van der Waals surface area contributed by atoms with Crippen molar-refractivity contribution < 1.29 is 14.3 Å². The molecule has 1 atom stereocenters. The van der Waals surface area contributed by atoms with Gasteiger partial charge < -0.3 is 14.4 Å². The van der Waals surface area contributed by atoms with Crippen LogP contribution >= 0.6 is 0 Å². The SMILES string of the molecule is COC1CCN(C(=O)Cc2ccc(OCc3ccccc3)cc2)C1. The lowest BCUT2D eigenvalue weighted by Crippen LogP contribution is -2.31. The van der Waals surface area contributed by atoms with Crippen molar-refractivity contribution in [1.82, 2.24) is 4.90 Å². The summed E-state index contributed by atoms with van der Waals surface area (Å²) in [5.74, 6) is 0.975. The minimum absolute atomic E-state index is 0.160. The third-order valence-electron chi connectivity index (χ3n) is 4.36. The first-order valence-electron chi connectivity index (χ1n) is 8.31. The maximum absolute atomic E-state index is 12.3. The zero-order chi connectivity index (χ0) is 16.8. The van der Waals surface area contributed by atoms with E-state index in [1.54, 1.807) is 7.11 Å². The number of methoxy groups -OCH3 is 1. The highest BCUT2D eigenvalue weighted by atomic mass is 16.5. The molecule has 1 unspecified atom stereocenters. The average Bonchev–Trinajstić information content (AvgIpc) is 3.11. The van der Waals surface area contributed by atoms with Crippen molar-refractivity contribution in [2.75, 3.05) is 20.2 Å². The summed E-state index contributed by atoms with van der Waals surface area (Å²) in [6.45, 7) is 2.04. The van der Waals surface area contributed by atoms with Gasteiger partial charge in [0, 0.05) is 20.2 Å². The molecule has 1 saturated heterocycles. The lowest BCUT2D eigenvalue weighted by atomic mass is 10.1. The van der Waals surface area contributed by atoms with Crippen LogP contribution in [-0.2, 0) is 22.6 Å². The first-order chi connectivity index (χ1) is 11.7. The fraction of sp³-hybridized carbons (Fsp3) is 0.350. The molecular formula is C20H23NO3. The second kappa shape index (κ2) is 7.97. The van der Waals surface area contributed by atoms with E-state index in [-0.39, 0.29) is 12.0 Å². The first kappa shape index (κ1) is 16.5. The van der Waals surface area contributed by atoms with Crippen molar-refractivity contribution in [2.24, 2.45) is 0 Å². The van der Waals surface area contributed by atoms with Gasteiger partial charge in [0.05, 0.1) is 12.5 Å². The molecule has 3 rings (SSSR count). The quantitative estimate of drug-likeness (QED) is 0.819. The number of amides is 1. The molecule has 0 aliphatic carbocycles. The summed E-state index contributed by atoms with van der Waals surface area (Å²) in [6, 6.07) is 17.8. The molecule has 0 aromatic heterocycles. The second-order valence-electron chi connectivity index (χ2n) is 6.08. The van der Waals surface area contributed by atoms with Crippen LogP contribution in [0.15, 0.2) is 54.6 Å². The minimum Gasteiger partial charge on any atom is -0.489 e. The Morgan fingerprint density at radius 2 is 1.83 bits per heavy atom. The van der Waals surface area contributed by atoms with E-state index in [9.17, 15) is 4.79 Å². The summed E-state index contributed by atoms with van der Waals surface area (Å²) in [4.78, 5) is 14.2. The van der Waals surface area contributed by atoms with Crippen LogP contribution in [0.2, 0.25) is 0 Å². The molecule has 4 heteroatoms. The lowest BCUT2D eigenvalue weighted by Gasteiger charge is -2.16. The Hall–Kier alpha value is -2.33. The van der Waals surface area contributed by atoms with E-state index in [0.29, 0.717) is 19.6 Å². The third kappa shape index (κ3) is 4.36. The highest BCUT2D eigenvalue weighted by Gasteiger charge is 2.25. The van der Waals surface area contributed by atoms with E-state index in [4.69, 9.17) is 9.47 Å². The van der Waals surface area contributed by atoms with E-state index in [0.717, 1.165) is 29.8 Å². The van der Waals surface area contributed by atoms with Crippen molar-refractivity contribution >= 4 is 5.91 Å². The van der Waals surface area contributed by atoms with E-state index >= 15 is 0 Å². The van der Waals surface area contributed by atoms with E-state index in [1.807, 2.05) is 59.5 Å². The molecule has 126 valence electrons. The van der Waals surface area contributed by atoms with Gasteiger partial charge in [0.1, 0.15) is 12.4 Å². The number of benzene rings is 2. The summed E-state index contributed by atoms with van der Waals surface area (Å²) in [6.07, 6.45) is 1.53. The molecule has 0 N–H and O–H groups in total. The van der Waals surface area contributed by atoms with Crippen LogP contribution in [0.5, 0.6) is 5.75 Å². The molecule has 0 saturated carbocycles. The molecule has 2 aromatic carbocycles. The highest BCUT2D eigenvalue weighted by Crippen LogP contribution is 2.17. The molecule has 24 heavy (non-hydrogen) atoms. The van der Waals surface area contributed by atoms with Crippen LogP contribution < -0.4 is 4.74 Å². The summed E-state index contributed by atoms with van der Waals surface area (Å²) >= 11 is 0. The largest absolute Gasteiger partial charge is 0.489 e. The van der Waals surface area contributed by atoms with Crippen molar-refractivity contribution in [3.8, 4) is 5.75 Å². The number of carbonyl (C=O) groups excluding carboxylic acids is 1. The van der Waals surface area contributed by atoms with Gasteiger partial charge in [-0.25, -0.2) is 0 Å². The fourth-order valence-electron chi connectivity index (χ4n) is 2.88. The predicted molar refractivity (Wildman–Crippen MR) is 92.9 cm³/mol. The molecule has 1 fully saturated rings. The Labute approximate surface area is 143 Å². The lowest BCUT2D eigenvalue weighted by molar-refractivity contribution is -0.129.